The number of benzene rings is 2. The molecule has 8 heteroatoms. The Morgan fingerprint density at radius 3 is 2.48 bits per heavy atom. The average Bonchev–Trinajstić information content (AvgIpc) is 2.59. The molecule has 3 aromatic rings. The number of hydrogen-bond donors (Lipinski definition) is 2. The van der Waals surface area contributed by atoms with Gasteiger partial charge in [-0.25, -0.2) is 4.39 Å². The molecule has 0 atom stereocenters. The summed E-state index contributed by atoms with van der Waals surface area (Å²) in [5.41, 5.74) is 1.91. The van der Waals surface area contributed by atoms with Gasteiger partial charge >= 0.3 is 0 Å². The minimum Gasteiger partial charge on any atom is -0.339 e. The van der Waals surface area contributed by atoms with Crippen LogP contribution in [-0.4, -0.2) is 21.0 Å². The van der Waals surface area contributed by atoms with Crippen molar-refractivity contribution in [3.05, 3.63) is 65.1 Å². The van der Waals surface area contributed by atoms with E-state index in [9.17, 15) is 9.18 Å². The van der Waals surface area contributed by atoms with E-state index in [4.69, 9.17) is 11.6 Å². The fourth-order valence-electron chi connectivity index (χ4n) is 2.06. The Bertz CT molecular complexity index is 917. The molecule has 126 valence electrons. The van der Waals surface area contributed by atoms with Crippen LogP contribution < -0.4 is 10.6 Å². The van der Waals surface area contributed by atoms with E-state index in [0.717, 1.165) is 0 Å². The van der Waals surface area contributed by atoms with Gasteiger partial charge in [0.05, 0.1) is 11.2 Å². The number of aromatic nitrogens is 3. The number of rotatable bonds is 5. The molecule has 0 saturated heterocycles. The number of halogens is 2. The highest BCUT2D eigenvalue weighted by Gasteiger charge is 2.05. The molecule has 0 radical (unpaired) electrons. The van der Waals surface area contributed by atoms with Gasteiger partial charge in [0.1, 0.15) is 5.82 Å². The molecule has 0 fully saturated rings. The Kier molecular flexibility index (Phi) is 4.85. The first-order chi connectivity index (χ1) is 12.0. The van der Waals surface area contributed by atoms with Crippen LogP contribution in [0, 0.1) is 5.82 Å². The molecular weight excluding hydrogens is 345 g/mol. The highest BCUT2D eigenvalue weighted by molar-refractivity contribution is 6.31. The van der Waals surface area contributed by atoms with Gasteiger partial charge in [-0.15, -0.1) is 5.10 Å². The van der Waals surface area contributed by atoms with Crippen LogP contribution in [0.2, 0.25) is 5.02 Å². The summed E-state index contributed by atoms with van der Waals surface area (Å²) in [6, 6.07) is 11.2. The molecule has 0 aliphatic heterocycles. The molecule has 2 aromatic carbocycles. The maximum absolute atomic E-state index is 13.2. The van der Waals surface area contributed by atoms with Crippen LogP contribution >= 0.6 is 11.6 Å². The molecule has 0 aliphatic rings. The molecule has 0 spiro atoms. The van der Waals surface area contributed by atoms with Crippen LogP contribution in [-0.2, 0) is 0 Å². The molecule has 0 amide bonds. The van der Waals surface area contributed by atoms with E-state index in [2.05, 4.69) is 25.8 Å². The van der Waals surface area contributed by atoms with Crippen molar-refractivity contribution in [2.75, 3.05) is 10.6 Å². The minimum absolute atomic E-state index is 0.00590. The van der Waals surface area contributed by atoms with Crippen LogP contribution in [0.4, 0.5) is 27.5 Å². The van der Waals surface area contributed by atoms with Crippen molar-refractivity contribution >= 4 is 40.5 Å². The van der Waals surface area contributed by atoms with Crippen molar-refractivity contribution in [1.82, 2.24) is 15.2 Å². The Morgan fingerprint density at radius 2 is 1.80 bits per heavy atom. The smallest absolute Gasteiger partial charge is 0.249 e. The second-order valence-corrected chi connectivity index (χ2v) is 5.58. The van der Waals surface area contributed by atoms with Crippen LogP contribution in [0.3, 0.4) is 0 Å². The van der Waals surface area contributed by atoms with Gasteiger partial charge in [-0.2, -0.15) is 10.1 Å². The lowest BCUT2D eigenvalue weighted by atomic mass is 10.1. The Hall–Kier alpha value is -3.06. The number of nitrogens with one attached hydrogen (secondary N) is 2. The molecule has 0 unspecified atom stereocenters. The first-order valence-electron chi connectivity index (χ1n) is 7.31. The fraction of sp³-hybridized carbons (Fsp3) is 0.0588. The molecule has 1 heterocycles. The lowest BCUT2D eigenvalue weighted by Gasteiger charge is -2.08. The number of hydrogen-bond acceptors (Lipinski definition) is 6. The van der Waals surface area contributed by atoms with Gasteiger partial charge in [-0.05, 0) is 49.4 Å². The lowest BCUT2D eigenvalue weighted by Crippen LogP contribution is -2.02. The fourth-order valence-corrected chi connectivity index (χ4v) is 2.24. The van der Waals surface area contributed by atoms with Crippen molar-refractivity contribution < 1.29 is 9.18 Å². The molecule has 0 aliphatic carbocycles. The lowest BCUT2D eigenvalue weighted by molar-refractivity contribution is 0.101. The zero-order chi connectivity index (χ0) is 17.8. The van der Waals surface area contributed by atoms with Crippen LogP contribution in [0.1, 0.15) is 17.3 Å². The molecule has 6 nitrogen and oxygen atoms in total. The summed E-state index contributed by atoms with van der Waals surface area (Å²) in [5, 5.41) is 13.7. The van der Waals surface area contributed by atoms with E-state index in [0.29, 0.717) is 22.8 Å². The first-order valence-corrected chi connectivity index (χ1v) is 7.69. The van der Waals surface area contributed by atoms with E-state index in [-0.39, 0.29) is 16.8 Å². The van der Waals surface area contributed by atoms with Gasteiger partial charge in [0.2, 0.25) is 5.95 Å². The zero-order valence-corrected chi connectivity index (χ0v) is 13.9. The number of Topliss-reactive ketones (excluding diaryl/α,β-unsaturated/α-hetero) is 1. The van der Waals surface area contributed by atoms with Crippen molar-refractivity contribution in [2.45, 2.75) is 6.92 Å². The first kappa shape index (κ1) is 16.8. The Labute approximate surface area is 148 Å². The molecule has 0 bridgehead atoms. The summed E-state index contributed by atoms with van der Waals surface area (Å²) in [4.78, 5) is 15.6. The topological polar surface area (TPSA) is 79.8 Å². The normalized spacial score (nSPS) is 10.4. The number of ketones is 1. The predicted molar refractivity (Wildman–Crippen MR) is 94.2 cm³/mol. The highest BCUT2D eigenvalue weighted by atomic mass is 35.5. The summed E-state index contributed by atoms with van der Waals surface area (Å²) in [7, 11) is 0. The SMILES string of the molecule is CC(=O)c1ccc(Nc2nncc(Nc3ccc(F)c(Cl)c3)n2)cc1. The zero-order valence-electron chi connectivity index (χ0n) is 13.1. The Balaban J connectivity index is 1.74. The standard InChI is InChI=1S/C17H13ClFN5O/c1-10(25)11-2-4-12(5-3-11)22-17-23-16(9-20-24-17)21-13-6-7-15(19)14(18)8-13/h2-9H,1H3,(H2,21,22,23,24). The number of carbonyl (C=O) groups is 1. The number of carbonyl (C=O) groups excluding carboxylic acids is 1. The summed E-state index contributed by atoms with van der Waals surface area (Å²) >= 11 is 5.75. The largest absolute Gasteiger partial charge is 0.339 e. The molecule has 0 saturated carbocycles. The average molecular weight is 358 g/mol. The monoisotopic (exact) mass is 357 g/mol. The summed E-state index contributed by atoms with van der Waals surface area (Å²) < 4.78 is 13.2. The predicted octanol–water partition coefficient (Wildman–Crippen LogP) is 4.35. The van der Waals surface area contributed by atoms with Gasteiger partial charge in [-0.1, -0.05) is 11.6 Å². The molecular formula is C17H13ClFN5O. The minimum atomic E-state index is -0.496. The van der Waals surface area contributed by atoms with Crippen molar-refractivity contribution in [2.24, 2.45) is 0 Å². The van der Waals surface area contributed by atoms with E-state index in [1.165, 1.54) is 31.3 Å². The third kappa shape index (κ3) is 4.27. The molecule has 25 heavy (non-hydrogen) atoms. The van der Waals surface area contributed by atoms with Gasteiger partial charge in [-0.3, -0.25) is 4.79 Å². The molecule has 3 rings (SSSR count). The number of nitrogens with zero attached hydrogens (tertiary/aromatic N) is 3. The van der Waals surface area contributed by atoms with Crippen molar-refractivity contribution in [3.63, 3.8) is 0 Å². The van der Waals surface area contributed by atoms with E-state index in [1.807, 2.05) is 0 Å². The van der Waals surface area contributed by atoms with Crippen LogP contribution in [0.25, 0.3) is 0 Å². The van der Waals surface area contributed by atoms with E-state index >= 15 is 0 Å². The summed E-state index contributed by atoms with van der Waals surface area (Å²) in [6.45, 7) is 1.51. The van der Waals surface area contributed by atoms with Crippen molar-refractivity contribution in [1.29, 1.82) is 0 Å². The summed E-state index contributed by atoms with van der Waals surface area (Å²) in [5.74, 6) is 0.187. The second kappa shape index (κ2) is 7.23. The quantitative estimate of drug-likeness (QED) is 0.661. The van der Waals surface area contributed by atoms with Gasteiger partial charge in [0.25, 0.3) is 0 Å². The third-order valence-electron chi connectivity index (χ3n) is 3.30. The van der Waals surface area contributed by atoms with Crippen molar-refractivity contribution in [3.8, 4) is 0 Å². The Morgan fingerprint density at radius 1 is 1.08 bits per heavy atom. The molecule has 2 N–H and O–H groups in total. The highest BCUT2D eigenvalue weighted by Crippen LogP contribution is 2.22. The van der Waals surface area contributed by atoms with Gasteiger partial charge in [0.15, 0.2) is 11.6 Å². The van der Waals surface area contributed by atoms with Gasteiger partial charge < -0.3 is 10.6 Å². The van der Waals surface area contributed by atoms with Gasteiger partial charge in [0, 0.05) is 16.9 Å². The number of anilines is 4. The van der Waals surface area contributed by atoms with E-state index in [1.54, 1.807) is 24.3 Å². The summed E-state index contributed by atoms with van der Waals surface area (Å²) in [6.07, 6.45) is 1.43. The van der Waals surface area contributed by atoms with Crippen LogP contribution in [0.5, 0.6) is 0 Å². The van der Waals surface area contributed by atoms with Crippen LogP contribution in [0.15, 0.2) is 48.7 Å². The maximum atomic E-state index is 13.2. The maximum Gasteiger partial charge on any atom is 0.249 e. The van der Waals surface area contributed by atoms with E-state index < -0.39 is 5.82 Å². The second-order valence-electron chi connectivity index (χ2n) is 5.18. The molecule has 1 aromatic heterocycles. The third-order valence-corrected chi connectivity index (χ3v) is 3.59.